The number of benzene rings is 1. The SMILES string of the molecule is OCc1ccnc(N2CCC(Cc3ccc(Cl)cc3)C2)c1. The number of nitrogens with zero attached hydrogens (tertiary/aromatic N) is 2. The quantitative estimate of drug-likeness (QED) is 0.941. The lowest BCUT2D eigenvalue weighted by Gasteiger charge is -2.18. The Kier molecular flexibility index (Phi) is 4.42. The van der Waals surface area contributed by atoms with Crippen molar-refractivity contribution in [2.75, 3.05) is 18.0 Å². The van der Waals surface area contributed by atoms with Crippen LogP contribution in [0.3, 0.4) is 0 Å². The Labute approximate surface area is 130 Å². The molecule has 4 heteroatoms. The average Bonchev–Trinajstić information content (AvgIpc) is 2.98. The maximum atomic E-state index is 9.22. The van der Waals surface area contributed by atoms with Crippen molar-refractivity contribution in [2.45, 2.75) is 19.4 Å². The standard InChI is InChI=1S/C17H19ClN2O/c18-16-3-1-13(2-4-16)9-14-6-8-20(11-14)17-10-15(12-21)5-7-19-17/h1-5,7,10,14,21H,6,8-9,11-12H2. The zero-order valence-corrected chi connectivity index (χ0v) is 12.6. The van der Waals surface area contributed by atoms with Crippen LogP contribution in [0.1, 0.15) is 17.5 Å². The highest BCUT2D eigenvalue weighted by atomic mass is 35.5. The zero-order valence-electron chi connectivity index (χ0n) is 11.9. The van der Waals surface area contributed by atoms with Gasteiger partial charge in [0.25, 0.3) is 0 Å². The number of aliphatic hydroxyl groups excluding tert-OH is 1. The van der Waals surface area contributed by atoms with E-state index in [0.29, 0.717) is 5.92 Å². The number of aromatic nitrogens is 1. The summed E-state index contributed by atoms with van der Waals surface area (Å²) in [5.41, 5.74) is 2.25. The third-order valence-corrected chi connectivity index (χ3v) is 4.29. The monoisotopic (exact) mass is 302 g/mol. The van der Waals surface area contributed by atoms with E-state index in [1.54, 1.807) is 6.20 Å². The molecular weight excluding hydrogens is 284 g/mol. The predicted molar refractivity (Wildman–Crippen MR) is 85.6 cm³/mol. The number of halogens is 1. The molecule has 2 heterocycles. The second-order valence-corrected chi connectivity index (χ2v) is 6.05. The van der Waals surface area contributed by atoms with E-state index in [1.165, 1.54) is 12.0 Å². The first-order valence-electron chi connectivity index (χ1n) is 7.30. The molecule has 1 N–H and O–H groups in total. The molecule has 1 aromatic carbocycles. The largest absolute Gasteiger partial charge is 0.392 e. The number of pyridine rings is 1. The summed E-state index contributed by atoms with van der Waals surface area (Å²) < 4.78 is 0. The van der Waals surface area contributed by atoms with Gasteiger partial charge >= 0.3 is 0 Å². The Bertz CT molecular complexity index is 600. The summed E-state index contributed by atoms with van der Waals surface area (Å²) in [4.78, 5) is 6.73. The second-order valence-electron chi connectivity index (χ2n) is 5.61. The smallest absolute Gasteiger partial charge is 0.128 e. The minimum absolute atomic E-state index is 0.0670. The molecule has 3 rings (SSSR count). The highest BCUT2D eigenvalue weighted by molar-refractivity contribution is 6.30. The van der Waals surface area contributed by atoms with Gasteiger partial charge in [-0.2, -0.15) is 0 Å². The van der Waals surface area contributed by atoms with Crippen LogP contribution in [-0.4, -0.2) is 23.2 Å². The molecule has 1 saturated heterocycles. The van der Waals surface area contributed by atoms with Crippen molar-refractivity contribution in [1.29, 1.82) is 0 Å². The number of anilines is 1. The van der Waals surface area contributed by atoms with E-state index in [9.17, 15) is 5.11 Å². The molecule has 3 nitrogen and oxygen atoms in total. The van der Waals surface area contributed by atoms with Crippen LogP contribution in [0.5, 0.6) is 0 Å². The van der Waals surface area contributed by atoms with Gasteiger partial charge in [0.05, 0.1) is 6.61 Å². The maximum Gasteiger partial charge on any atom is 0.128 e. The van der Waals surface area contributed by atoms with E-state index in [-0.39, 0.29) is 6.61 Å². The van der Waals surface area contributed by atoms with Crippen LogP contribution in [0, 0.1) is 5.92 Å². The topological polar surface area (TPSA) is 36.4 Å². The fraction of sp³-hybridized carbons (Fsp3) is 0.353. The van der Waals surface area contributed by atoms with Crippen LogP contribution >= 0.6 is 11.6 Å². The van der Waals surface area contributed by atoms with Crippen LogP contribution in [0.25, 0.3) is 0 Å². The Morgan fingerprint density at radius 3 is 2.76 bits per heavy atom. The first kappa shape index (κ1) is 14.4. The predicted octanol–water partition coefficient (Wildman–Crippen LogP) is 3.30. The molecule has 2 aromatic rings. The van der Waals surface area contributed by atoms with Gasteiger partial charge in [0.1, 0.15) is 5.82 Å². The Hall–Kier alpha value is -1.58. The summed E-state index contributed by atoms with van der Waals surface area (Å²) in [6, 6.07) is 12.0. The van der Waals surface area contributed by atoms with Crippen LogP contribution < -0.4 is 4.90 Å². The van der Waals surface area contributed by atoms with Crippen molar-refractivity contribution in [3.63, 3.8) is 0 Å². The molecule has 1 aliphatic rings. The van der Waals surface area contributed by atoms with Crippen LogP contribution in [0.4, 0.5) is 5.82 Å². The number of aliphatic hydroxyl groups is 1. The molecule has 1 aromatic heterocycles. The summed E-state index contributed by atoms with van der Waals surface area (Å²) in [7, 11) is 0. The van der Waals surface area contributed by atoms with Crippen LogP contribution in [0.2, 0.25) is 5.02 Å². The van der Waals surface area contributed by atoms with E-state index in [0.717, 1.165) is 35.9 Å². The summed E-state index contributed by atoms with van der Waals surface area (Å²) in [5, 5.41) is 10.0. The van der Waals surface area contributed by atoms with Gasteiger partial charge in [0.15, 0.2) is 0 Å². The molecule has 0 aliphatic carbocycles. The van der Waals surface area contributed by atoms with Gasteiger partial charge in [-0.1, -0.05) is 23.7 Å². The first-order valence-corrected chi connectivity index (χ1v) is 7.67. The molecule has 0 spiro atoms. The zero-order chi connectivity index (χ0) is 14.7. The maximum absolute atomic E-state index is 9.22. The molecule has 0 bridgehead atoms. The first-order chi connectivity index (χ1) is 10.2. The van der Waals surface area contributed by atoms with Gasteiger partial charge in [-0.3, -0.25) is 0 Å². The van der Waals surface area contributed by atoms with Crippen molar-refractivity contribution >= 4 is 17.4 Å². The van der Waals surface area contributed by atoms with Gasteiger partial charge in [-0.05, 0) is 54.2 Å². The Morgan fingerprint density at radius 1 is 1.19 bits per heavy atom. The van der Waals surface area contributed by atoms with Gasteiger partial charge < -0.3 is 10.0 Å². The summed E-state index contributed by atoms with van der Waals surface area (Å²) in [6.07, 6.45) is 4.02. The van der Waals surface area contributed by atoms with Crippen molar-refractivity contribution in [3.8, 4) is 0 Å². The van der Waals surface area contributed by atoms with E-state index < -0.39 is 0 Å². The van der Waals surface area contributed by atoms with Crippen LogP contribution in [0.15, 0.2) is 42.6 Å². The molecule has 0 radical (unpaired) electrons. The molecule has 1 fully saturated rings. The van der Waals surface area contributed by atoms with Crippen molar-refractivity contribution in [1.82, 2.24) is 4.98 Å². The van der Waals surface area contributed by atoms with Gasteiger partial charge in [0, 0.05) is 24.3 Å². The molecular formula is C17H19ClN2O. The fourth-order valence-corrected chi connectivity index (χ4v) is 3.02. The summed E-state index contributed by atoms with van der Waals surface area (Å²) in [6.45, 7) is 2.11. The lowest BCUT2D eigenvalue weighted by molar-refractivity contribution is 0.281. The fourth-order valence-electron chi connectivity index (χ4n) is 2.89. The van der Waals surface area contributed by atoms with E-state index >= 15 is 0 Å². The third-order valence-electron chi connectivity index (χ3n) is 4.04. The van der Waals surface area contributed by atoms with E-state index in [4.69, 9.17) is 11.6 Å². The van der Waals surface area contributed by atoms with Gasteiger partial charge in [0.2, 0.25) is 0 Å². The minimum Gasteiger partial charge on any atom is -0.392 e. The number of hydrogen-bond donors (Lipinski definition) is 1. The highest BCUT2D eigenvalue weighted by Gasteiger charge is 2.23. The summed E-state index contributed by atoms with van der Waals surface area (Å²) >= 11 is 5.92. The molecule has 1 aliphatic heterocycles. The molecule has 1 unspecified atom stereocenters. The molecule has 110 valence electrons. The van der Waals surface area contributed by atoms with Crippen molar-refractivity contribution in [3.05, 3.63) is 58.7 Å². The van der Waals surface area contributed by atoms with E-state index in [2.05, 4.69) is 22.0 Å². The van der Waals surface area contributed by atoms with Crippen molar-refractivity contribution < 1.29 is 5.11 Å². The third kappa shape index (κ3) is 3.55. The van der Waals surface area contributed by atoms with Gasteiger partial charge in [-0.15, -0.1) is 0 Å². The minimum atomic E-state index is 0.0670. The second kappa shape index (κ2) is 6.46. The number of rotatable bonds is 4. The van der Waals surface area contributed by atoms with Gasteiger partial charge in [-0.25, -0.2) is 4.98 Å². The Morgan fingerprint density at radius 2 is 2.00 bits per heavy atom. The molecule has 21 heavy (non-hydrogen) atoms. The van der Waals surface area contributed by atoms with Crippen molar-refractivity contribution in [2.24, 2.45) is 5.92 Å². The Balaban J connectivity index is 1.63. The number of hydrogen-bond acceptors (Lipinski definition) is 3. The lowest BCUT2D eigenvalue weighted by atomic mass is 9.99. The normalized spacial score (nSPS) is 18.2. The van der Waals surface area contributed by atoms with E-state index in [1.807, 2.05) is 24.3 Å². The van der Waals surface area contributed by atoms with Crippen LogP contribution in [-0.2, 0) is 13.0 Å². The molecule has 0 amide bonds. The highest BCUT2D eigenvalue weighted by Crippen LogP contribution is 2.25. The molecule has 0 saturated carbocycles. The summed E-state index contributed by atoms with van der Waals surface area (Å²) in [5.74, 6) is 1.62. The molecule has 1 atom stereocenters. The average molecular weight is 303 g/mol. The lowest BCUT2D eigenvalue weighted by Crippen LogP contribution is -2.21.